The van der Waals surface area contributed by atoms with Crippen molar-refractivity contribution >= 4 is 21.9 Å². The summed E-state index contributed by atoms with van der Waals surface area (Å²) < 4.78 is 16.9. The van der Waals surface area contributed by atoms with Crippen LogP contribution in [-0.4, -0.2) is 12.7 Å². The predicted octanol–water partition coefficient (Wildman–Crippen LogP) is 4.39. The van der Waals surface area contributed by atoms with Gasteiger partial charge in [-0.2, -0.15) is 0 Å². The van der Waals surface area contributed by atoms with Crippen LogP contribution in [0.5, 0.6) is 11.5 Å². The predicted molar refractivity (Wildman–Crippen MR) is 83.8 cm³/mol. The number of benzene rings is 2. The molecule has 0 N–H and O–H groups in total. The van der Waals surface area contributed by atoms with Gasteiger partial charge < -0.3 is 13.9 Å². The summed E-state index contributed by atoms with van der Waals surface area (Å²) in [5.41, 5.74) is 0.980. The minimum Gasteiger partial charge on any atom is -0.497 e. The molecule has 0 saturated carbocycles. The lowest BCUT2D eigenvalue weighted by Gasteiger charge is -2.20. The molecule has 3 aromatic rings. The molecule has 0 aliphatic rings. The second-order valence-corrected chi connectivity index (χ2v) is 5.38. The standard InChI is InChI=1S/C18H16O3/c1-5-18(2,3)21-13-7-9-17-15(11-13)14-10-12(19-4)6-8-16(14)20-17/h1,6-11H,2-4H3. The summed E-state index contributed by atoms with van der Waals surface area (Å²) in [5.74, 6) is 4.13. The average molecular weight is 280 g/mol. The fourth-order valence-electron chi connectivity index (χ4n) is 2.25. The van der Waals surface area contributed by atoms with Crippen molar-refractivity contribution in [2.45, 2.75) is 19.4 Å². The summed E-state index contributed by atoms with van der Waals surface area (Å²) in [5, 5.41) is 1.97. The van der Waals surface area contributed by atoms with Crippen molar-refractivity contribution < 1.29 is 13.9 Å². The van der Waals surface area contributed by atoms with E-state index in [0.29, 0.717) is 0 Å². The van der Waals surface area contributed by atoms with E-state index in [2.05, 4.69) is 5.92 Å². The number of furan rings is 1. The van der Waals surface area contributed by atoms with Crippen molar-refractivity contribution in [3.8, 4) is 23.8 Å². The van der Waals surface area contributed by atoms with Gasteiger partial charge in [-0.1, -0.05) is 5.92 Å². The molecule has 3 rings (SSSR count). The molecule has 0 spiro atoms. The zero-order chi connectivity index (χ0) is 15.0. The largest absolute Gasteiger partial charge is 0.497 e. The molecule has 1 aromatic heterocycles. The maximum atomic E-state index is 5.82. The van der Waals surface area contributed by atoms with E-state index in [4.69, 9.17) is 20.3 Å². The van der Waals surface area contributed by atoms with E-state index in [0.717, 1.165) is 33.4 Å². The number of terminal acetylenes is 1. The second-order valence-electron chi connectivity index (χ2n) is 5.38. The molecule has 0 radical (unpaired) electrons. The number of ether oxygens (including phenoxy) is 2. The van der Waals surface area contributed by atoms with Gasteiger partial charge in [0.25, 0.3) is 0 Å². The van der Waals surface area contributed by atoms with Crippen LogP contribution in [0.3, 0.4) is 0 Å². The van der Waals surface area contributed by atoms with E-state index in [1.54, 1.807) is 7.11 Å². The van der Waals surface area contributed by atoms with Gasteiger partial charge in [0.05, 0.1) is 7.11 Å². The molecule has 0 atom stereocenters. The van der Waals surface area contributed by atoms with Crippen molar-refractivity contribution in [1.29, 1.82) is 0 Å². The van der Waals surface area contributed by atoms with Crippen LogP contribution < -0.4 is 9.47 Å². The van der Waals surface area contributed by atoms with Gasteiger partial charge >= 0.3 is 0 Å². The molecule has 0 aliphatic carbocycles. The first-order chi connectivity index (χ1) is 10.0. The highest BCUT2D eigenvalue weighted by Crippen LogP contribution is 2.34. The monoisotopic (exact) mass is 280 g/mol. The minimum absolute atomic E-state index is 0.648. The van der Waals surface area contributed by atoms with Crippen molar-refractivity contribution in [3.05, 3.63) is 36.4 Å². The SMILES string of the molecule is C#CC(C)(C)Oc1ccc2oc3ccc(OC)cc3c2c1. The van der Waals surface area contributed by atoms with Crippen LogP contribution in [0.4, 0.5) is 0 Å². The van der Waals surface area contributed by atoms with Crippen molar-refractivity contribution in [1.82, 2.24) is 0 Å². The van der Waals surface area contributed by atoms with Crippen LogP contribution in [0.25, 0.3) is 21.9 Å². The molecule has 0 amide bonds. The zero-order valence-electron chi connectivity index (χ0n) is 12.3. The Bertz CT molecular complexity index is 850. The number of hydrogen-bond donors (Lipinski definition) is 0. The van der Waals surface area contributed by atoms with Gasteiger partial charge in [0.1, 0.15) is 22.7 Å². The quantitative estimate of drug-likeness (QED) is 0.667. The second kappa shape index (κ2) is 4.75. The molecule has 3 heteroatoms. The summed E-state index contributed by atoms with van der Waals surface area (Å²) in [4.78, 5) is 0. The van der Waals surface area contributed by atoms with E-state index in [-0.39, 0.29) is 0 Å². The highest BCUT2D eigenvalue weighted by atomic mass is 16.5. The lowest BCUT2D eigenvalue weighted by Crippen LogP contribution is -2.25. The highest BCUT2D eigenvalue weighted by Gasteiger charge is 2.17. The topological polar surface area (TPSA) is 31.6 Å². The molecule has 0 saturated heterocycles. The van der Waals surface area contributed by atoms with E-state index in [1.165, 1.54) is 0 Å². The Hall–Kier alpha value is -2.60. The Kier molecular flexibility index (Phi) is 3.03. The zero-order valence-corrected chi connectivity index (χ0v) is 12.3. The van der Waals surface area contributed by atoms with Gasteiger partial charge in [0, 0.05) is 10.8 Å². The van der Waals surface area contributed by atoms with Gasteiger partial charge in [0.2, 0.25) is 0 Å². The van der Waals surface area contributed by atoms with Crippen LogP contribution in [0.15, 0.2) is 40.8 Å². The van der Waals surface area contributed by atoms with E-state index in [9.17, 15) is 0 Å². The lowest BCUT2D eigenvalue weighted by atomic mass is 10.1. The summed E-state index contributed by atoms with van der Waals surface area (Å²) in [6, 6.07) is 11.4. The summed E-state index contributed by atoms with van der Waals surface area (Å²) in [6.45, 7) is 3.71. The molecule has 0 fully saturated rings. The summed E-state index contributed by atoms with van der Waals surface area (Å²) >= 11 is 0. The first kappa shape index (κ1) is 13.4. The Balaban J connectivity index is 2.15. The Morgan fingerprint density at radius 1 is 1.00 bits per heavy atom. The molecule has 21 heavy (non-hydrogen) atoms. The van der Waals surface area contributed by atoms with E-state index in [1.807, 2.05) is 50.2 Å². The molecule has 0 unspecified atom stereocenters. The third-order valence-corrected chi connectivity index (χ3v) is 3.37. The lowest BCUT2D eigenvalue weighted by molar-refractivity contribution is 0.173. The summed E-state index contributed by atoms with van der Waals surface area (Å²) in [6.07, 6.45) is 5.47. The molecule has 3 nitrogen and oxygen atoms in total. The van der Waals surface area contributed by atoms with Crippen LogP contribution in [0.2, 0.25) is 0 Å². The number of fused-ring (bicyclic) bond motifs is 3. The third kappa shape index (κ3) is 2.41. The minimum atomic E-state index is -0.648. The van der Waals surface area contributed by atoms with Crippen LogP contribution in [-0.2, 0) is 0 Å². The van der Waals surface area contributed by atoms with Gasteiger partial charge in [-0.3, -0.25) is 0 Å². The maximum Gasteiger partial charge on any atom is 0.163 e. The van der Waals surface area contributed by atoms with E-state index >= 15 is 0 Å². The van der Waals surface area contributed by atoms with Gasteiger partial charge in [-0.05, 0) is 50.2 Å². The number of hydrogen-bond acceptors (Lipinski definition) is 3. The summed E-state index contributed by atoms with van der Waals surface area (Å²) in [7, 11) is 1.65. The Morgan fingerprint density at radius 2 is 1.57 bits per heavy atom. The average Bonchev–Trinajstić information content (AvgIpc) is 2.84. The Morgan fingerprint density at radius 3 is 2.14 bits per heavy atom. The van der Waals surface area contributed by atoms with Gasteiger partial charge in [-0.15, -0.1) is 6.42 Å². The van der Waals surface area contributed by atoms with E-state index < -0.39 is 5.60 Å². The molecular formula is C18H16O3. The van der Waals surface area contributed by atoms with Crippen LogP contribution in [0.1, 0.15) is 13.8 Å². The molecule has 0 aliphatic heterocycles. The Labute approximate surface area is 123 Å². The maximum absolute atomic E-state index is 5.82. The molecule has 0 bridgehead atoms. The molecule has 2 aromatic carbocycles. The normalized spacial score (nSPS) is 11.5. The highest BCUT2D eigenvalue weighted by molar-refractivity contribution is 6.05. The first-order valence-corrected chi connectivity index (χ1v) is 6.69. The van der Waals surface area contributed by atoms with Crippen LogP contribution in [0, 0.1) is 12.3 Å². The number of methoxy groups -OCH3 is 1. The fraction of sp³-hybridized carbons (Fsp3) is 0.222. The third-order valence-electron chi connectivity index (χ3n) is 3.37. The van der Waals surface area contributed by atoms with Crippen molar-refractivity contribution in [2.24, 2.45) is 0 Å². The van der Waals surface area contributed by atoms with Crippen LogP contribution >= 0.6 is 0 Å². The fourth-order valence-corrected chi connectivity index (χ4v) is 2.25. The van der Waals surface area contributed by atoms with Gasteiger partial charge in [-0.25, -0.2) is 0 Å². The van der Waals surface area contributed by atoms with Gasteiger partial charge in [0.15, 0.2) is 5.60 Å². The molecule has 106 valence electrons. The first-order valence-electron chi connectivity index (χ1n) is 6.69. The van der Waals surface area contributed by atoms with Crippen molar-refractivity contribution in [3.63, 3.8) is 0 Å². The molecular weight excluding hydrogens is 264 g/mol. The number of rotatable bonds is 3. The molecule has 1 heterocycles. The van der Waals surface area contributed by atoms with Crippen molar-refractivity contribution in [2.75, 3.05) is 7.11 Å². The smallest absolute Gasteiger partial charge is 0.163 e.